The zero-order chi connectivity index (χ0) is 7.15. The summed E-state index contributed by atoms with van der Waals surface area (Å²) in [6.07, 6.45) is -2.08. The van der Waals surface area contributed by atoms with Crippen LogP contribution in [0.2, 0.25) is 0 Å². The van der Waals surface area contributed by atoms with E-state index in [0.717, 1.165) is 0 Å². The summed E-state index contributed by atoms with van der Waals surface area (Å²) in [7, 11) is 0. The molecule has 9 heteroatoms. The zero-order valence-electron chi connectivity index (χ0n) is 5.18. The second-order valence-corrected chi connectivity index (χ2v) is 0.504. The molecule has 5 N–H and O–H groups in total. The molecule has 0 rings (SSSR count). The Bertz CT molecular complexity index is 73.7. The molecule has 56 valence electrons. The van der Waals surface area contributed by atoms with Crippen molar-refractivity contribution in [1.82, 2.24) is 6.15 Å². The molecule has 0 aromatic heterocycles. The van der Waals surface area contributed by atoms with Gasteiger partial charge in [-0.2, -0.15) is 0 Å². The van der Waals surface area contributed by atoms with Crippen molar-refractivity contribution in [2.45, 2.75) is 0 Å². The smallest absolute Gasteiger partial charge is 0.565 e. The van der Waals surface area contributed by atoms with E-state index in [9.17, 15) is 0 Å². The quantitative estimate of drug-likeness (QED) is 0.185. The van der Waals surface area contributed by atoms with Gasteiger partial charge in [-0.25, -0.2) is 0 Å². The van der Waals surface area contributed by atoms with Gasteiger partial charge >= 0.3 is 29.6 Å². The van der Waals surface area contributed by atoms with Gasteiger partial charge in [-0.3, -0.25) is 0 Å². The minimum Gasteiger partial charge on any atom is -0.565 e. The van der Waals surface area contributed by atoms with Crippen LogP contribution >= 0.6 is 0 Å². The van der Waals surface area contributed by atoms with Gasteiger partial charge < -0.3 is 26.4 Å². The van der Waals surface area contributed by atoms with Crippen molar-refractivity contribution in [3.8, 4) is 0 Å². The van der Waals surface area contributed by atoms with Gasteiger partial charge in [0.25, 0.3) is 5.09 Å². The molecule has 0 saturated carbocycles. The van der Waals surface area contributed by atoms with E-state index in [-0.39, 0.29) is 35.7 Å². The summed E-state index contributed by atoms with van der Waals surface area (Å²) in [6.45, 7) is 0. The molecule has 0 saturated heterocycles. The maximum Gasteiger partial charge on any atom is 1.00 e. The number of carboxylic acid groups (broad SMARTS) is 2. The summed E-state index contributed by atoms with van der Waals surface area (Å²) in [5, 5.41) is 28.9. The first-order chi connectivity index (χ1) is 3.46. The first-order valence-corrected chi connectivity index (χ1v) is 1.20. The molecule has 0 aliphatic rings. The normalized spacial score (nSPS) is 4.80. The Balaban J connectivity index is -0.0000000300. The van der Waals surface area contributed by atoms with Crippen LogP contribution < -0.4 is 40.8 Å². The molecule has 0 aromatic carbocycles. The summed E-state index contributed by atoms with van der Waals surface area (Å²) >= 11 is 0. The van der Waals surface area contributed by atoms with Crippen molar-refractivity contribution < 1.29 is 54.9 Å². The molecule has 0 atom stereocenters. The van der Waals surface area contributed by atoms with E-state index in [2.05, 4.69) is 0 Å². The van der Waals surface area contributed by atoms with E-state index in [4.69, 9.17) is 30.3 Å². The van der Waals surface area contributed by atoms with Gasteiger partial charge in [-0.1, -0.05) is 0 Å². The average molecular weight is 164 g/mol. The summed E-state index contributed by atoms with van der Waals surface area (Å²) in [6, 6.07) is 0. The molecule has 0 unspecified atom stereocenters. The van der Waals surface area contributed by atoms with Crippen molar-refractivity contribution in [3.63, 3.8) is 0 Å². The minimum atomic E-state index is -2.08. The Morgan fingerprint density at radius 3 is 1.50 bits per heavy atom. The Kier molecular flexibility index (Phi) is 35.9. The third kappa shape index (κ3) is 945. The molecule has 0 fully saturated rings. The fourth-order valence-corrected chi connectivity index (χ4v) is 0. The molecule has 0 amide bonds. The van der Waals surface area contributed by atoms with Crippen LogP contribution in [0.3, 0.4) is 0 Å². The first-order valence-electron chi connectivity index (χ1n) is 1.20. The maximum absolute atomic E-state index is 8.44. The fraction of sp³-hybridized carbons (Fsp3) is 0. The summed E-state index contributed by atoms with van der Waals surface area (Å²) in [4.78, 5) is 16.8. The molecule has 0 aliphatic carbocycles. The molecule has 0 aromatic rings. The van der Waals surface area contributed by atoms with Gasteiger partial charge in [0.1, 0.15) is 0 Å². The van der Waals surface area contributed by atoms with Gasteiger partial charge in [0.2, 0.25) is 6.16 Å². The first kappa shape index (κ1) is 22.7. The van der Waals surface area contributed by atoms with E-state index in [1.54, 1.807) is 0 Å². The Labute approximate surface area is 77.4 Å². The summed E-state index contributed by atoms with van der Waals surface area (Å²) < 4.78 is 0. The van der Waals surface area contributed by atoms with Gasteiger partial charge in [-0.15, -0.1) is 10.1 Å². The monoisotopic (exact) mass is 164 g/mol. The van der Waals surface area contributed by atoms with Crippen molar-refractivity contribution in [3.05, 3.63) is 10.1 Å². The molecule has 8 nitrogen and oxygen atoms in total. The summed E-state index contributed by atoms with van der Waals surface area (Å²) in [5.41, 5.74) is 0. The largest absolute Gasteiger partial charge is 1.00 e. The van der Waals surface area contributed by atoms with Crippen molar-refractivity contribution in [2.24, 2.45) is 0 Å². The fourth-order valence-electron chi connectivity index (χ4n) is 0. The van der Waals surface area contributed by atoms with Crippen LogP contribution in [0.5, 0.6) is 0 Å². The molecule has 0 aliphatic heterocycles. The van der Waals surface area contributed by atoms with E-state index >= 15 is 0 Å². The van der Waals surface area contributed by atoms with E-state index in [0.29, 0.717) is 0 Å². The number of nitrogens with zero attached hydrogens (tertiary/aromatic N) is 1. The van der Waals surface area contributed by atoms with Crippen molar-refractivity contribution in [2.75, 3.05) is 0 Å². The van der Waals surface area contributed by atoms with Gasteiger partial charge in [-0.05, 0) is 0 Å². The van der Waals surface area contributed by atoms with Crippen molar-refractivity contribution >= 4 is 6.16 Å². The molecular weight excluding hydrogens is 159 g/mol. The van der Waals surface area contributed by atoms with E-state index < -0.39 is 11.2 Å². The van der Waals surface area contributed by atoms with Crippen LogP contribution in [0.1, 0.15) is 0 Å². The van der Waals surface area contributed by atoms with E-state index in [1.807, 2.05) is 0 Å². The number of rotatable bonds is 0. The number of carbonyl (C=O) groups is 1. The molecule has 0 heterocycles. The predicted molar refractivity (Wildman–Crippen MR) is 21.8 cm³/mol. The molecular formula is CH5N2NaO6. The van der Waals surface area contributed by atoms with E-state index in [1.165, 1.54) is 0 Å². The Morgan fingerprint density at radius 1 is 1.50 bits per heavy atom. The van der Waals surface area contributed by atoms with Crippen molar-refractivity contribution in [1.29, 1.82) is 0 Å². The number of hydrogen-bond donors (Lipinski definition) is 3. The standard InChI is InChI=1S/CH2O3.HNO3.H3N.Na/c2*2-1(3)4;;/h(H2,2,3,4);(H,2,3,4);1H3;/q;;;+1/p-1. The second kappa shape index (κ2) is 15.8. The van der Waals surface area contributed by atoms with Crippen LogP contribution in [-0.2, 0) is 0 Å². The SMILES string of the molecule is N.O=C([O-])O.O=[N+]([O-])O.[Na+]. The average Bonchev–Trinajstić information content (AvgIpc) is 1.25. The molecule has 10 heavy (non-hydrogen) atoms. The minimum absolute atomic E-state index is 0. The zero-order valence-corrected chi connectivity index (χ0v) is 7.18. The number of hydrogen-bond acceptors (Lipinski definition) is 5. The predicted octanol–water partition coefficient (Wildman–Crippen LogP) is -4.29. The summed E-state index contributed by atoms with van der Waals surface area (Å²) in [5.74, 6) is 0. The van der Waals surface area contributed by atoms with Crippen LogP contribution in [0, 0.1) is 10.1 Å². The maximum atomic E-state index is 8.44. The second-order valence-electron chi connectivity index (χ2n) is 0.504. The van der Waals surface area contributed by atoms with Gasteiger partial charge in [0, 0.05) is 0 Å². The molecule has 0 radical (unpaired) electrons. The third-order valence-corrected chi connectivity index (χ3v) is 0. The van der Waals surface area contributed by atoms with Gasteiger partial charge in [0.05, 0.1) is 0 Å². The van der Waals surface area contributed by atoms with Crippen LogP contribution in [-0.4, -0.2) is 21.6 Å². The Morgan fingerprint density at radius 2 is 1.50 bits per heavy atom. The molecule has 0 spiro atoms. The van der Waals surface area contributed by atoms with Gasteiger partial charge in [0.15, 0.2) is 0 Å². The third-order valence-electron chi connectivity index (χ3n) is 0. The van der Waals surface area contributed by atoms with Crippen LogP contribution in [0.15, 0.2) is 0 Å². The topological polar surface area (TPSA) is 159 Å². The molecule has 0 bridgehead atoms. The Hall–Kier alpha value is -0.570. The van der Waals surface area contributed by atoms with Crippen LogP contribution in [0.4, 0.5) is 4.79 Å². The van der Waals surface area contributed by atoms with Crippen LogP contribution in [0.25, 0.3) is 0 Å².